The smallest absolute Gasteiger partial charge is 0.434 e. The molecule has 0 aliphatic rings. The van der Waals surface area contributed by atoms with Gasteiger partial charge in [0.25, 0.3) is 0 Å². The van der Waals surface area contributed by atoms with Crippen molar-refractivity contribution in [2.75, 3.05) is 19.8 Å². The maximum atomic E-state index is 10.5. The maximum absolute atomic E-state index is 10.5. The standard InChI is InChI=1S/C14H30O.C7H14O3/c1-2-3-4-5-6-7-8-9-10-11-12-13-14-15;1-3-5-9-7(8)10-6-4-2/h15H,2-14H2,1H3;3-6H2,1-2H3. The van der Waals surface area contributed by atoms with Gasteiger partial charge >= 0.3 is 6.16 Å². The molecule has 0 radical (unpaired) electrons. The second kappa shape index (κ2) is 25.5. The van der Waals surface area contributed by atoms with Crippen LogP contribution in [0.4, 0.5) is 4.79 Å². The van der Waals surface area contributed by atoms with Crippen molar-refractivity contribution < 1.29 is 19.4 Å². The summed E-state index contributed by atoms with van der Waals surface area (Å²) in [5.41, 5.74) is 0. The minimum absolute atomic E-state index is 0.372. The number of hydrogen-bond acceptors (Lipinski definition) is 4. The number of carbonyl (C=O) groups excluding carboxylic acids is 1. The summed E-state index contributed by atoms with van der Waals surface area (Å²) in [6, 6.07) is 0. The van der Waals surface area contributed by atoms with Crippen LogP contribution in [0, 0.1) is 0 Å². The molecule has 0 aliphatic carbocycles. The van der Waals surface area contributed by atoms with Gasteiger partial charge in [-0.3, -0.25) is 0 Å². The summed E-state index contributed by atoms with van der Waals surface area (Å²) < 4.78 is 9.26. The number of hydrogen-bond donors (Lipinski definition) is 1. The maximum Gasteiger partial charge on any atom is 0.508 e. The Morgan fingerprint density at radius 2 is 0.960 bits per heavy atom. The molecule has 4 heteroatoms. The zero-order valence-corrected chi connectivity index (χ0v) is 17.2. The highest BCUT2D eigenvalue weighted by Crippen LogP contribution is 2.11. The van der Waals surface area contributed by atoms with Crippen molar-refractivity contribution >= 4 is 6.16 Å². The van der Waals surface area contributed by atoms with E-state index in [4.69, 9.17) is 5.11 Å². The Morgan fingerprint density at radius 3 is 1.28 bits per heavy atom. The molecule has 0 spiro atoms. The van der Waals surface area contributed by atoms with Crippen molar-refractivity contribution in [2.24, 2.45) is 0 Å². The van der Waals surface area contributed by atoms with Gasteiger partial charge in [-0.2, -0.15) is 0 Å². The summed E-state index contributed by atoms with van der Waals surface area (Å²) in [7, 11) is 0. The van der Waals surface area contributed by atoms with Gasteiger partial charge in [0, 0.05) is 6.61 Å². The molecule has 0 saturated heterocycles. The van der Waals surface area contributed by atoms with Crippen molar-refractivity contribution in [3.05, 3.63) is 0 Å². The third kappa shape index (κ3) is 28.3. The quantitative estimate of drug-likeness (QED) is 0.247. The van der Waals surface area contributed by atoms with E-state index in [1.165, 1.54) is 70.6 Å². The van der Waals surface area contributed by atoms with Crippen molar-refractivity contribution in [3.8, 4) is 0 Å². The predicted octanol–water partition coefficient (Wildman–Crippen LogP) is 6.64. The number of aliphatic hydroxyl groups is 1. The molecule has 0 saturated carbocycles. The van der Waals surface area contributed by atoms with Gasteiger partial charge in [0.2, 0.25) is 0 Å². The highest BCUT2D eigenvalue weighted by atomic mass is 16.7. The summed E-state index contributed by atoms with van der Waals surface area (Å²) in [6.07, 6.45) is 17.4. The van der Waals surface area contributed by atoms with E-state index >= 15 is 0 Å². The van der Waals surface area contributed by atoms with Crippen LogP contribution in [0.2, 0.25) is 0 Å². The van der Waals surface area contributed by atoms with Crippen LogP contribution in [0.15, 0.2) is 0 Å². The molecule has 1 N–H and O–H groups in total. The van der Waals surface area contributed by atoms with E-state index in [1.807, 2.05) is 13.8 Å². The lowest BCUT2D eigenvalue weighted by Gasteiger charge is -2.02. The van der Waals surface area contributed by atoms with E-state index in [0.717, 1.165) is 19.3 Å². The van der Waals surface area contributed by atoms with E-state index in [9.17, 15) is 4.79 Å². The van der Waals surface area contributed by atoms with E-state index in [-0.39, 0.29) is 0 Å². The van der Waals surface area contributed by atoms with Crippen LogP contribution >= 0.6 is 0 Å². The highest BCUT2D eigenvalue weighted by Gasteiger charge is 1.99. The van der Waals surface area contributed by atoms with E-state index < -0.39 is 6.16 Å². The van der Waals surface area contributed by atoms with Crippen LogP contribution in [0.3, 0.4) is 0 Å². The van der Waals surface area contributed by atoms with Crippen molar-refractivity contribution in [1.82, 2.24) is 0 Å². The number of aliphatic hydroxyl groups excluding tert-OH is 1. The number of carbonyl (C=O) groups is 1. The molecular formula is C21H44O4. The molecule has 0 aromatic carbocycles. The van der Waals surface area contributed by atoms with Gasteiger partial charge in [-0.15, -0.1) is 0 Å². The van der Waals surface area contributed by atoms with Gasteiger partial charge in [0.15, 0.2) is 0 Å². The van der Waals surface area contributed by atoms with Crippen LogP contribution in [-0.2, 0) is 9.47 Å². The summed E-state index contributed by atoms with van der Waals surface area (Å²) in [4.78, 5) is 10.5. The Kier molecular flexibility index (Phi) is 27.0. The Bertz CT molecular complexity index is 222. The largest absolute Gasteiger partial charge is 0.508 e. The minimum atomic E-state index is -0.552. The molecule has 4 nitrogen and oxygen atoms in total. The second-order valence-corrected chi connectivity index (χ2v) is 6.56. The fourth-order valence-electron chi connectivity index (χ4n) is 2.37. The topological polar surface area (TPSA) is 55.8 Å². The third-order valence-corrected chi connectivity index (χ3v) is 3.86. The zero-order chi connectivity index (χ0) is 19.0. The van der Waals surface area contributed by atoms with Crippen LogP contribution in [0.1, 0.15) is 111 Å². The van der Waals surface area contributed by atoms with E-state index in [0.29, 0.717) is 19.8 Å². The van der Waals surface area contributed by atoms with Crippen molar-refractivity contribution in [3.63, 3.8) is 0 Å². The summed E-state index contributed by atoms with van der Waals surface area (Å²) in [6.45, 7) is 7.41. The first-order chi connectivity index (χ1) is 12.2. The number of rotatable bonds is 16. The molecular weight excluding hydrogens is 316 g/mol. The van der Waals surface area contributed by atoms with Crippen LogP contribution < -0.4 is 0 Å². The first-order valence-corrected chi connectivity index (χ1v) is 10.6. The third-order valence-electron chi connectivity index (χ3n) is 3.86. The molecule has 25 heavy (non-hydrogen) atoms. The van der Waals surface area contributed by atoms with Gasteiger partial charge in [0.1, 0.15) is 0 Å². The average molecular weight is 361 g/mol. The second-order valence-electron chi connectivity index (χ2n) is 6.56. The molecule has 152 valence electrons. The van der Waals surface area contributed by atoms with Crippen molar-refractivity contribution in [1.29, 1.82) is 0 Å². The lowest BCUT2D eigenvalue weighted by Crippen LogP contribution is -2.08. The summed E-state index contributed by atoms with van der Waals surface area (Å²) >= 11 is 0. The normalized spacial score (nSPS) is 10.1. The zero-order valence-electron chi connectivity index (χ0n) is 17.2. The van der Waals surface area contributed by atoms with Crippen LogP contribution in [0.25, 0.3) is 0 Å². The summed E-state index contributed by atoms with van der Waals surface area (Å²) in [5, 5.41) is 8.61. The van der Waals surface area contributed by atoms with Gasteiger partial charge < -0.3 is 14.6 Å². The molecule has 0 fully saturated rings. The SMILES string of the molecule is CCCCCCCCCCCCCCO.CCCOC(=O)OCCC. The van der Waals surface area contributed by atoms with Gasteiger partial charge in [-0.25, -0.2) is 4.79 Å². The van der Waals surface area contributed by atoms with Crippen LogP contribution in [-0.4, -0.2) is 31.1 Å². The molecule has 0 aromatic heterocycles. The molecule has 0 heterocycles. The fourth-order valence-corrected chi connectivity index (χ4v) is 2.37. The molecule has 0 unspecified atom stereocenters. The first-order valence-electron chi connectivity index (χ1n) is 10.6. The molecule has 0 rings (SSSR count). The molecule has 0 atom stereocenters. The Hall–Kier alpha value is -0.770. The number of unbranched alkanes of at least 4 members (excludes halogenated alkanes) is 11. The lowest BCUT2D eigenvalue weighted by molar-refractivity contribution is 0.0555. The molecule has 0 aliphatic heterocycles. The Labute approximate surface area is 156 Å². The van der Waals surface area contributed by atoms with Gasteiger partial charge in [0.05, 0.1) is 13.2 Å². The number of ether oxygens (including phenoxy) is 2. The monoisotopic (exact) mass is 360 g/mol. The molecule has 0 aromatic rings. The Morgan fingerprint density at radius 1 is 0.600 bits per heavy atom. The predicted molar refractivity (Wildman–Crippen MR) is 106 cm³/mol. The fraction of sp³-hybridized carbons (Fsp3) is 0.952. The van der Waals surface area contributed by atoms with E-state index in [2.05, 4.69) is 16.4 Å². The highest BCUT2D eigenvalue weighted by molar-refractivity contribution is 5.59. The molecule has 0 bridgehead atoms. The first kappa shape index (κ1) is 26.5. The average Bonchev–Trinajstić information content (AvgIpc) is 2.63. The summed E-state index contributed by atoms with van der Waals surface area (Å²) in [5.74, 6) is 0. The molecule has 0 amide bonds. The Balaban J connectivity index is 0. The minimum Gasteiger partial charge on any atom is -0.434 e. The van der Waals surface area contributed by atoms with E-state index in [1.54, 1.807) is 0 Å². The van der Waals surface area contributed by atoms with Crippen molar-refractivity contribution in [2.45, 2.75) is 111 Å². The van der Waals surface area contributed by atoms with Crippen LogP contribution in [0.5, 0.6) is 0 Å². The lowest BCUT2D eigenvalue weighted by atomic mass is 10.1. The van der Waals surface area contributed by atoms with Gasteiger partial charge in [-0.05, 0) is 19.3 Å². The van der Waals surface area contributed by atoms with Gasteiger partial charge in [-0.1, -0.05) is 91.4 Å².